The van der Waals surface area contributed by atoms with E-state index in [1.165, 1.54) is 13.8 Å². The van der Waals surface area contributed by atoms with E-state index >= 15 is 0 Å². The first kappa shape index (κ1) is 18.7. The standard InChI is InChI=1S/C21H24O4/c1-4-15-21(25-17(3)23,19-13-9-6-10-14-19)20(24-16(2)22)18-11-7-5-8-12-18/h5-14,20H,4,15H2,1-3H3. The Morgan fingerprint density at radius 3 is 1.96 bits per heavy atom. The summed E-state index contributed by atoms with van der Waals surface area (Å²) in [5, 5.41) is 0. The van der Waals surface area contributed by atoms with Gasteiger partial charge in [0.05, 0.1) is 0 Å². The molecular formula is C21H24O4. The van der Waals surface area contributed by atoms with E-state index in [2.05, 4.69) is 0 Å². The average Bonchev–Trinajstić information content (AvgIpc) is 2.60. The van der Waals surface area contributed by atoms with Crippen molar-refractivity contribution < 1.29 is 19.1 Å². The second-order valence-corrected chi connectivity index (χ2v) is 6.00. The first-order valence-corrected chi connectivity index (χ1v) is 8.47. The van der Waals surface area contributed by atoms with Crippen molar-refractivity contribution in [2.75, 3.05) is 0 Å². The van der Waals surface area contributed by atoms with Crippen molar-refractivity contribution in [3.8, 4) is 0 Å². The van der Waals surface area contributed by atoms with Crippen molar-refractivity contribution in [1.82, 2.24) is 0 Å². The van der Waals surface area contributed by atoms with Crippen LogP contribution in [0.4, 0.5) is 0 Å². The summed E-state index contributed by atoms with van der Waals surface area (Å²) in [7, 11) is 0. The van der Waals surface area contributed by atoms with Gasteiger partial charge in [-0.1, -0.05) is 74.0 Å². The Morgan fingerprint density at radius 2 is 1.48 bits per heavy atom. The van der Waals surface area contributed by atoms with E-state index in [4.69, 9.17) is 9.47 Å². The molecule has 0 aliphatic carbocycles. The topological polar surface area (TPSA) is 52.6 Å². The van der Waals surface area contributed by atoms with Gasteiger partial charge in [-0.3, -0.25) is 9.59 Å². The SMILES string of the molecule is CCCC(OC(C)=O)(c1ccccc1)C(OC(C)=O)c1ccccc1. The molecule has 2 rings (SSSR count). The van der Waals surface area contributed by atoms with E-state index in [1.54, 1.807) is 0 Å². The first-order chi connectivity index (χ1) is 12.0. The molecule has 0 fully saturated rings. The summed E-state index contributed by atoms with van der Waals surface area (Å²) in [4.78, 5) is 23.8. The smallest absolute Gasteiger partial charge is 0.303 e. The Bertz CT molecular complexity index is 696. The van der Waals surface area contributed by atoms with Crippen molar-refractivity contribution in [3.63, 3.8) is 0 Å². The number of hydrogen-bond donors (Lipinski definition) is 0. The molecule has 2 aromatic rings. The zero-order valence-corrected chi connectivity index (χ0v) is 14.9. The summed E-state index contributed by atoms with van der Waals surface area (Å²) in [6.07, 6.45) is 0.563. The second-order valence-electron chi connectivity index (χ2n) is 6.00. The second kappa shape index (κ2) is 8.47. The summed E-state index contributed by atoms with van der Waals surface area (Å²) in [6, 6.07) is 18.9. The van der Waals surface area contributed by atoms with Crippen LogP contribution in [0.15, 0.2) is 60.7 Å². The molecule has 2 aromatic carbocycles. The van der Waals surface area contributed by atoms with Gasteiger partial charge in [-0.15, -0.1) is 0 Å². The highest BCUT2D eigenvalue weighted by Crippen LogP contribution is 2.45. The minimum Gasteiger partial charge on any atom is -0.453 e. The molecule has 0 bridgehead atoms. The zero-order chi connectivity index (χ0) is 18.3. The highest BCUT2D eigenvalue weighted by atomic mass is 16.6. The maximum absolute atomic E-state index is 12.0. The largest absolute Gasteiger partial charge is 0.453 e. The van der Waals surface area contributed by atoms with E-state index in [9.17, 15) is 9.59 Å². The predicted octanol–water partition coefficient (Wildman–Crippen LogP) is 4.55. The summed E-state index contributed by atoms with van der Waals surface area (Å²) in [5.74, 6) is -0.831. The molecule has 25 heavy (non-hydrogen) atoms. The molecule has 0 heterocycles. The Kier molecular flexibility index (Phi) is 6.34. The lowest BCUT2D eigenvalue weighted by atomic mass is 9.80. The van der Waals surface area contributed by atoms with Crippen LogP contribution in [0.2, 0.25) is 0 Å². The molecule has 0 aliphatic rings. The lowest BCUT2D eigenvalue weighted by Gasteiger charge is -2.39. The molecule has 2 atom stereocenters. The Balaban J connectivity index is 2.67. The van der Waals surface area contributed by atoms with Gasteiger partial charge in [0.15, 0.2) is 11.7 Å². The van der Waals surface area contributed by atoms with Crippen molar-refractivity contribution >= 4 is 11.9 Å². The molecule has 0 N–H and O–H groups in total. The maximum Gasteiger partial charge on any atom is 0.303 e. The van der Waals surface area contributed by atoms with Crippen LogP contribution in [-0.4, -0.2) is 11.9 Å². The van der Waals surface area contributed by atoms with Crippen molar-refractivity contribution in [1.29, 1.82) is 0 Å². The number of carbonyl (C=O) groups excluding carboxylic acids is 2. The van der Waals surface area contributed by atoms with Gasteiger partial charge in [0.1, 0.15) is 0 Å². The molecule has 0 aliphatic heterocycles. The van der Waals surface area contributed by atoms with Gasteiger partial charge in [0.2, 0.25) is 0 Å². The highest BCUT2D eigenvalue weighted by Gasteiger charge is 2.46. The van der Waals surface area contributed by atoms with Crippen LogP contribution in [-0.2, 0) is 24.7 Å². The number of carbonyl (C=O) groups is 2. The van der Waals surface area contributed by atoms with Gasteiger partial charge < -0.3 is 9.47 Å². The molecule has 0 radical (unpaired) electrons. The highest BCUT2D eigenvalue weighted by molar-refractivity contribution is 5.68. The number of benzene rings is 2. The molecule has 0 saturated carbocycles. The minimum absolute atomic E-state index is 0.412. The summed E-state index contributed by atoms with van der Waals surface area (Å²) in [6.45, 7) is 4.76. The van der Waals surface area contributed by atoms with Crippen LogP contribution >= 0.6 is 0 Å². The number of hydrogen-bond acceptors (Lipinski definition) is 4. The van der Waals surface area contributed by atoms with E-state index < -0.39 is 23.6 Å². The molecule has 0 amide bonds. The van der Waals surface area contributed by atoms with Crippen LogP contribution < -0.4 is 0 Å². The third-order valence-corrected chi connectivity index (χ3v) is 4.02. The predicted molar refractivity (Wildman–Crippen MR) is 95.7 cm³/mol. The molecule has 0 saturated heterocycles. The van der Waals surface area contributed by atoms with Gasteiger partial charge in [0, 0.05) is 13.8 Å². The molecule has 132 valence electrons. The molecule has 0 spiro atoms. The minimum atomic E-state index is -1.07. The van der Waals surface area contributed by atoms with Crippen LogP contribution in [0, 0.1) is 0 Å². The Hall–Kier alpha value is -2.62. The fourth-order valence-electron chi connectivity index (χ4n) is 3.16. The molecule has 4 nitrogen and oxygen atoms in total. The molecular weight excluding hydrogens is 316 g/mol. The van der Waals surface area contributed by atoms with Crippen molar-refractivity contribution in [2.24, 2.45) is 0 Å². The summed E-state index contributed by atoms with van der Waals surface area (Å²) in [5.41, 5.74) is 0.521. The zero-order valence-electron chi connectivity index (χ0n) is 14.9. The van der Waals surface area contributed by atoms with Gasteiger partial charge in [0.25, 0.3) is 0 Å². The van der Waals surface area contributed by atoms with Gasteiger partial charge in [-0.05, 0) is 17.5 Å². The number of esters is 2. The normalized spacial score (nSPS) is 14.2. The van der Waals surface area contributed by atoms with Crippen LogP contribution in [0.25, 0.3) is 0 Å². The fourth-order valence-corrected chi connectivity index (χ4v) is 3.16. The summed E-state index contributed by atoms with van der Waals surface area (Å²) >= 11 is 0. The average molecular weight is 340 g/mol. The lowest BCUT2D eigenvalue weighted by Crippen LogP contribution is -2.40. The fraction of sp³-hybridized carbons (Fsp3) is 0.333. The molecule has 0 aromatic heterocycles. The van der Waals surface area contributed by atoms with E-state index in [1.807, 2.05) is 67.6 Å². The maximum atomic E-state index is 12.0. The van der Waals surface area contributed by atoms with Crippen LogP contribution in [0.3, 0.4) is 0 Å². The Morgan fingerprint density at radius 1 is 0.920 bits per heavy atom. The van der Waals surface area contributed by atoms with Gasteiger partial charge in [-0.25, -0.2) is 0 Å². The monoisotopic (exact) mass is 340 g/mol. The third kappa shape index (κ3) is 4.47. The lowest BCUT2D eigenvalue weighted by molar-refractivity contribution is -0.190. The summed E-state index contributed by atoms with van der Waals surface area (Å²) < 4.78 is 11.6. The van der Waals surface area contributed by atoms with Crippen molar-refractivity contribution in [3.05, 3.63) is 71.8 Å². The van der Waals surface area contributed by atoms with Crippen LogP contribution in [0.1, 0.15) is 50.8 Å². The molecule has 2 unspecified atom stereocenters. The first-order valence-electron chi connectivity index (χ1n) is 8.47. The molecule has 4 heteroatoms. The Labute approximate surface area is 148 Å². The van der Waals surface area contributed by atoms with Crippen LogP contribution in [0.5, 0.6) is 0 Å². The van der Waals surface area contributed by atoms with E-state index in [0.29, 0.717) is 6.42 Å². The van der Waals surface area contributed by atoms with E-state index in [-0.39, 0.29) is 0 Å². The number of ether oxygens (including phenoxy) is 2. The van der Waals surface area contributed by atoms with Crippen molar-refractivity contribution in [2.45, 2.75) is 45.3 Å². The third-order valence-electron chi connectivity index (χ3n) is 4.02. The van der Waals surface area contributed by atoms with E-state index in [0.717, 1.165) is 17.5 Å². The quantitative estimate of drug-likeness (QED) is 0.694. The number of rotatable bonds is 7. The van der Waals surface area contributed by atoms with Gasteiger partial charge in [-0.2, -0.15) is 0 Å². The van der Waals surface area contributed by atoms with Gasteiger partial charge >= 0.3 is 11.9 Å².